The lowest BCUT2D eigenvalue weighted by Gasteiger charge is -2.18. The monoisotopic (exact) mass is 903 g/mol. The molecule has 370 valence electrons. The Kier molecular flexibility index (Phi) is 50.0. The van der Waals surface area contributed by atoms with E-state index in [2.05, 4.69) is 118 Å². The summed E-state index contributed by atoms with van der Waals surface area (Å²) in [5.41, 5.74) is 0. The van der Waals surface area contributed by atoms with Crippen molar-refractivity contribution in [2.24, 2.45) is 0 Å². The predicted molar refractivity (Wildman–Crippen MR) is 279 cm³/mol. The van der Waals surface area contributed by atoms with E-state index in [0.717, 1.165) is 122 Å². The highest BCUT2D eigenvalue weighted by Crippen LogP contribution is 2.13. The van der Waals surface area contributed by atoms with E-state index >= 15 is 0 Å². The normalized spacial score (nSPS) is 12.8. The zero-order chi connectivity index (χ0) is 47.2. The van der Waals surface area contributed by atoms with Crippen LogP contribution in [0.2, 0.25) is 0 Å². The maximum atomic E-state index is 12.8. The smallest absolute Gasteiger partial charge is 0.306 e. The summed E-state index contributed by atoms with van der Waals surface area (Å²) in [7, 11) is 0. The molecule has 0 heterocycles. The molecule has 0 N–H and O–H groups in total. The summed E-state index contributed by atoms with van der Waals surface area (Å²) in [5, 5.41) is 0. The van der Waals surface area contributed by atoms with Crippen molar-refractivity contribution in [1.82, 2.24) is 0 Å². The van der Waals surface area contributed by atoms with E-state index in [-0.39, 0.29) is 37.5 Å². The molecular weight excluding hydrogens is 805 g/mol. The molecule has 0 fully saturated rings. The molecular formula is C59H98O6. The van der Waals surface area contributed by atoms with Gasteiger partial charge in [0.2, 0.25) is 0 Å². The fraction of sp³-hybridized carbons (Fsp3) is 0.678. The average Bonchev–Trinajstić information content (AvgIpc) is 3.30. The van der Waals surface area contributed by atoms with Gasteiger partial charge in [-0.05, 0) is 122 Å². The van der Waals surface area contributed by atoms with Gasteiger partial charge in [0.15, 0.2) is 6.10 Å². The molecule has 0 amide bonds. The predicted octanol–water partition coefficient (Wildman–Crippen LogP) is 17.8. The minimum Gasteiger partial charge on any atom is -0.462 e. The van der Waals surface area contributed by atoms with Gasteiger partial charge in [-0.3, -0.25) is 14.4 Å². The van der Waals surface area contributed by atoms with Crippen LogP contribution in [0, 0.1) is 0 Å². The lowest BCUT2D eigenvalue weighted by Crippen LogP contribution is -2.30. The molecule has 1 atom stereocenters. The van der Waals surface area contributed by atoms with Gasteiger partial charge in [0.05, 0.1) is 0 Å². The third-order valence-electron chi connectivity index (χ3n) is 11.0. The van der Waals surface area contributed by atoms with Gasteiger partial charge in [-0.25, -0.2) is 0 Å². The van der Waals surface area contributed by atoms with Crippen molar-refractivity contribution in [2.75, 3.05) is 13.2 Å². The van der Waals surface area contributed by atoms with Gasteiger partial charge in [0.25, 0.3) is 0 Å². The molecule has 0 saturated heterocycles. The summed E-state index contributed by atoms with van der Waals surface area (Å²) in [6.07, 6.45) is 69.6. The number of hydrogen-bond acceptors (Lipinski definition) is 6. The molecule has 0 unspecified atom stereocenters. The minimum atomic E-state index is -0.810. The molecule has 0 aromatic heterocycles. The van der Waals surface area contributed by atoms with E-state index in [9.17, 15) is 14.4 Å². The molecule has 0 aromatic rings. The Hall–Kier alpha value is -3.67. The van der Waals surface area contributed by atoms with Crippen LogP contribution in [0.5, 0.6) is 0 Å². The molecule has 0 aliphatic rings. The number of carbonyl (C=O) groups is 3. The van der Waals surface area contributed by atoms with Crippen LogP contribution in [0.3, 0.4) is 0 Å². The van der Waals surface area contributed by atoms with Gasteiger partial charge < -0.3 is 14.2 Å². The molecule has 0 spiro atoms. The number of carbonyl (C=O) groups excluding carboxylic acids is 3. The highest BCUT2D eigenvalue weighted by atomic mass is 16.6. The van der Waals surface area contributed by atoms with Crippen molar-refractivity contribution in [3.63, 3.8) is 0 Å². The fourth-order valence-electron chi connectivity index (χ4n) is 7.02. The standard InChI is InChI=1S/C59H98O6/c1-4-7-10-13-16-19-22-25-28-29-32-35-38-41-44-47-50-53-59(62)65-56(54-63-57(60)51-48-45-42-39-36-33-30-26-23-20-17-14-11-8-5-2)55-64-58(61)52-49-46-43-40-37-34-31-27-24-21-18-15-12-9-6-3/h7,10,16-17,19-20,25-28,30-32,35-36,39,56H,4-6,8-9,11-15,18,21-24,29,33-34,37-38,40-55H2,1-3H3/b10-7-,19-16-,20-17-,28-25-,30-26-,31-27-,35-32-,39-36-/t56-/m1/s1. The van der Waals surface area contributed by atoms with Crippen molar-refractivity contribution in [2.45, 2.75) is 245 Å². The van der Waals surface area contributed by atoms with Crippen LogP contribution in [0.25, 0.3) is 0 Å². The SMILES string of the molecule is CC/C=C\C/C=C\C/C=C\C/C=C\CCCCCCC(=O)O[C@H](COC(=O)CCCC/C=C\C/C=C\C/C=C\CCCCC)COC(=O)CCCCCCC/C=C\CCCCCCCC. The third-order valence-corrected chi connectivity index (χ3v) is 11.0. The quantitative estimate of drug-likeness (QED) is 0.0262. The van der Waals surface area contributed by atoms with Crippen LogP contribution in [0.1, 0.15) is 239 Å². The maximum absolute atomic E-state index is 12.8. The molecule has 0 bridgehead atoms. The second-order valence-electron chi connectivity index (χ2n) is 17.4. The first-order valence-corrected chi connectivity index (χ1v) is 26.7. The van der Waals surface area contributed by atoms with E-state index in [1.807, 2.05) is 0 Å². The third kappa shape index (κ3) is 51.2. The molecule has 0 aliphatic carbocycles. The first-order valence-electron chi connectivity index (χ1n) is 26.7. The maximum Gasteiger partial charge on any atom is 0.306 e. The molecule has 0 saturated carbocycles. The summed E-state index contributed by atoms with van der Waals surface area (Å²) in [6, 6.07) is 0. The Labute approximate surface area is 400 Å². The molecule has 0 aromatic carbocycles. The van der Waals surface area contributed by atoms with Crippen LogP contribution in [-0.4, -0.2) is 37.2 Å². The van der Waals surface area contributed by atoms with E-state index < -0.39 is 6.10 Å². The van der Waals surface area contributed by atoms with E-state index in [1.54, 1.807) is 0 Å². The van der Waals surface area contributed by atoms with Crippen LogP contribution >= 0.6 is 0 Å². The van der Waals surface area contributed by atoms with Gasteiger partial charge in [0.1, 0.15) is 13.2 Å². The van der Waals surface area contributed by atoms with Crippen LogP contribution in [-0.2, 0) is 28.6 Å². The number of esters is 3. The minimum absolute atomic E-state index is 0.105. The first kappa shape index (κ1) is 61.3. The van der Waals surface area contributed by atoms with Crippen LogP contribution in [0.15, 0.2) is 97.2 Å². The molecule has 6 heteroatoms. The zero-order valence-electron chi connectivity index (χ0n) is 42.2. The lowest BCUT2D eigenvalue weighted by molar-refractivity contribution is -0.167. The summed E-state index contributed by atoms with van der Waals surface area (Å²) in [6.45, 7) is 6.42. The second-order valence-corrected chi connectivity index (χ2v) is 17.4. The van der Waals surface area contributed by atoms with Gasteiger partial charge in [-0.1, -0.05) is 195 Å². The van der Waals surface area contributed by atoms with Crippen molar-refractivity contribution in [1.29, 1.82) is 0 Å². The van der Waals surface area contributed by atoms with Gasteiger partial charge in [-0.2, -0.15) is 0 Å². The number of allylic oxidation sites excluding steroid dienone is 16. The number of hydrogen-bond donors (Lipinski definition) is 0. The molecule has 0 rings (SSSR count). The highest BCUT2D eigenvalue weighted by Gasteiger charge is 2.19. The Morgan fingerprint density at radius 1 is 0.323 bits per heavy atom. The van der Waals surface area contributed by atoms with Crippen molar-refractivity contribution >= 4 is 17.9 Å². The largest absolute Gasteiger partial charge is 0.462 e. The van der Waals surface area contributed by atoms with Crippen LogP contribution in [0.4, 0.5) is 0 Å². The topological polar surface area (TPSA) is 78.9 Å². The number of ether oxygens (including phenoxy) is 3. The average molecular weight is 903 g/mol. The van der Waals surface area contributed by atoms with Gasteiger partial charge in [-0.15, -0.1) is 0 Å². The first-order chi connectivity index (χ1) is 32.0. The Balaban J connectivity index is 4.52. The summed E-state index contributed by atoms with van der Waals surface area (Å²) in [4.78, 5) is 38.0. The Morgan fingerprint density at radius 3 is 1.02 bits per heavy atom. The second kappa shape index (κ2) is 52.9. The van der Waals surface area contributed by atoms with Crippen LogP contribution < -0.4 is 0 Å². The summed E-state index contributed by atoms with van der Waals surface area (Å²) in [5.74, 6) is -0.978. The number of unbranched alkanes of at least 4 members (excludes halogenated alkanes) is 20. The van der Waals surface area contributed by atoms with E-state index in [0.29, 0.717) is 12.8 Å². The molecule has 0 aliphatic heterocycles. The summed E-state index contributed by atoms with van der Waals surface area (Å²) >= 11 is 0. The van der Waals surface area contributed by atoms with E-state index in [1.165, 1.54) is 77.0 Å². The van der Waals surface area contributed by atoms with E-state index in [4.69, 9.17) is 14.2 Å². The zero-order valence-corrected chi connectivity index (χ0v) is 42.2. The molecule has 6 nitrogen and oxygen atoms in total. The lowest BCUT2D eigenvalue weighted by atomic mass is 10.1. The summed E-state index contributed by atoms with van der Waals surface area (Å²) < 4.78 is 16.8. The molecule has 0 radical (unpaired) electrons. The molecule has 65 heavy (non-hydrogen) atoms. The Bertz CT molecular complexity index is 1310. The van der Waals surface area contributed by atoms with Gasteiger partial charge in [0, 0.05) is 19.3 Å². The van der Waals surface area contributed by atoms with Crippen molar-refractivity contribution < 1.29 is 28.6 Å². The van der Waals surface area contributed by atoms with Gasteiger partial charge >= 0.3 is 17.9 Å². The van der Waals surface area contributed by atoms with Crippen molar-refractivity contribution in [3.05, 3.63) is 97.2 Å². The fourth-order valence-corrected chi connectivity index (χ4v) is 7.02. The number of rotatable bonds is 47. The Morgan fingerprint density at radius 2 is 0.600 bits per heavy atom. The van der Waals surface area contributed by atoms with Crippen molar-refractivity contribution in [3.8, 4) is 0 Å². The highest BCUT2D eigenvalue weighted by molar-refractivity contribution is 5.71.